The van der Waals surface area contributed by atoms with Gasteiger partial charge in [-0.15, -0.1) is 44.8 Å². The minimum atomic E-state index is 0. The fraction of sp³-hybridized carbons (Fsp3) is 0.300. The van der Waals surface area contributed by atoms with Crippen LogP contribution in [0.3, 0.4) is 0 Å². The van der Waals surface area contributed by atoms with Gasteiger partial charge in [-0.2, -0.15) is 12.1 Å². The molecule has 2 radical (unpaired) electrons. The Balaban J connectivity index is 0.000000173. The average molecular weight is 904 g/mol. The molecule has 0 nitrogen and oxygen atoms in total. The summed E-state index contributed by atoms with van der Waals surface area (Å²) < 4.78 is 0. The molecule has 2 aliphatic carbocycles. The standard InChI is InChI=1S/2C29H29.C2H6Si.Zr/c2*1-2-6-12-22(11-5-1)19-23-20-28-26(24-13-7-3-8-14-24)17-18-27(29(28)21-23)25-15-9-4-10-16-25;1-3-2;/h2*3-4,7-10,13-18,20-22H,1-2,5-6,11-12,19H2;1-2H3;/q2*-1;;+2. The molecule has 2 fully saturated rings. The average Bonchev–Trinajstić information content (AvgIpc) is 3.71. The third-order valence-electron chi connectivity index (χ3n) is 13.2. The molecule has 0 saturated heterocycles. The van der Waals surface area contributed by atoms with E-state index in [2.05, 4.69) is 183 Å². The van der Waals surface area contributed by atoms with Crippen molar-refractivity contribution in [2.75, 3.05) is 0 Å². The van der Waals surface area contributed by atoms with Gasteiger partial charge in [0.1, 0.15) is 0 Å². The topological polar surface area (TPSA) is 0 Å². The van der Waals surface area contributed by atoms with Crippen LogP contribution >= 0.6 is 0 Å². The zero-order valence-corrected chi connectivity index (χ0v) is 40.7. The van der Waals surface area contributed by atoms with Crippen molar-refractivity contribution in [3.05, 3.63) is 181 Å². The van der Waals surface area contributed by atoms with Crippen LogP contribution in [0.1, 0.15) is 88.2 Å². The molecular formula is C60H64SiZr. The molecule has 0 aromatic heterocycles. The maximum atomic E-state index is 2.48. The SMILES string of the molecule is C[Si]C.[Zr+2].c1ccc(-c2ccc(-c3ccccc3)c3[cH-]c(CC4CCCCCC4)cc23)cc1.c1ccc(-c2ccc(-c3ccccc3)c3[cH-]c(CC4CCCCCC4)cc23)cc1. The third-order valence-corrected chi connectivity index (χ3v) is 13.2. The molecule has 0 N–H and O–H groups in total. The van der Waals surface area contributed by atoms with Crippen molar-refractivity contribution < 1.29 is 26.2 Å². The van der Waals surface area contributed by atoms with Gasteiger partial charge in [-0.25, -0.2) is 0 Å². The molecule has 2 saturated carbocycles. The van der Waals surface area contributed by atoms with Crippen molar-refractivity contribution in [2.24, 2.45) is 11.8 Å². The summed E-state index contributed by atoms with van der Waals surface area (Å²) in [4.78, 5) is 0. The van der Waals surface area contributed by atoms with Gasteiger partial charge in [0.05, 0.1) is 0 Å². The molecule has 0 heterocycles. The van der Waals surface area contributed by atoms with Gasteiger partial charge in [-0.1, -0.05) is 269 Å². The molecule has 312 valence electrons. The molecule has 0 aliphatic heterocycles. The molecular weight excluding hydrogens is 840 g/mol. The Kier molecular flexibility index (Phi) is 17.2. The zero-order chi connectivity index (χ0) is 41.6. The van der Waals surface area contributed by atoms with Crippen LogP contribution in [-0.2, 0) is 39.0 Å². The van der Waals surface area contributed by atoms with Crippen LogP contribution in [-0.4, -0.2) is 9.52 Å². The van der Waals surface area contributed by atoms with Crippen molar-refractivity contribution in [2.45, 2.75) is 103 Å². The number of fused-ring (bicyclic) bond motifs is 2. The Labute approximate surface area is 394 Å². The number of rotatable bonds is 8. The Morgan fingerprint density at radius 2 is 0.661 bits per heavy atom. The van der Waals surface area contributed by atoms with E-state index in [4.69, 9.17) is 0 Å². The molecule has 0 atom stereocenters. The van der Waals surface area contributed by atoms with Gasteiger partial charge in [0.2, 0.25) is 0 Å². The molecule has 0 amide bonds. The van der Waals surface area contributed by atoms with E-state index in [1.807, 2.05) is 0 Å². The monoisotopic (exact) mass is 902 g/mol. The molecule has 0 spiro atoms. The number of hydrogen-bond donors (Lipinski definition) is 0. The molecule has 62 heavy (non-hydrogen) atoms. The Morgan fingerprint density at radius 1 is 0.387 bits per heavy atom. The smallest absolute Gasteiger partial charge is 0.164 e. The van der Waals surface area contributed by atoms with Crippen LogP contribution in [0.5, 0.6) is 0 Å². The number of benzene rings is 6. The summed E-state index contributed by atoms with van der Waals surface area (Å²) in [6.45, 7) is 4.31. The van der Waals surface area contributed by atoms with Crippen molar-refractivity contribution in [3.63, 3.8) is 0 Å². The molecule has 10 rings (SSSR count). The van der Waals surface area contributed by atoms with Crippen molar-refractivity contribution in [3.8, 4) is 44.5 Å². The normalized spacial score (nSPS) is 14.7. The minimum Gasteiger partial charge on any atom is -0.164 e. The van der Waals surface area contributed by atoms with Gasteiger partial charge in [0, 0.05) is 9.52 Å². The first-order valence-corrected chi connectivity index (χ1v) is 25.4. The molecule has 8 aromatic rings. The van der Waals surface area contributed by atoms with Crippen LogP contribution < -0.4 is 0 Å². The van der Waals surface area contributed by atoms with Crippen molar-refractivity contribution in [1.29, 1.82) is 0 Å². The maximum Gasteiger partial charge on any atom is 2.00 e. The van der Waals surface area contributed by atoms with E-state index in [0.717, 1.165) is 21.4 Å². The summed E-state index contributed by atoms with van der Waals surface area (Å²) in [6.07, 6.45) is 19.4. The van der Waals surface area contributed by atoms with E-state index >= 15 is 0 Å². The number of hydrogen-bond acceptors (Lipinski definition) is 0. The molecule has 0 bridgehead atoms. The fourth-order valence-electron chi connectivity index (χ4n) is 10.2. The second-order valence-corrected chi connectivity index (χ2v) is 18.8. The molecule has 8 aromatic carbocycles. The van der Waals surface area contributed by atoms with Gasteiger partial charge in [0.25, 0.3) is 0 Å². The quantitative estimate of drug-likeness (QED) is 0.0810. The van der Waals surface area contributed by atoms with Crippen LogP contribution in [0.4, 0.5) is 0 Å². The van der Waals surface area contributed by atoms with E-state index in [1.54, 1.807) is 0 Å². The largest absolute Gasteiger partial charge is 2.00 e. The summed E-state index contributed by atoms with van der Waals surface area (Å²) in [5, 5.41) is 5.62. The molecule has 2 aliphatic rings. The van der Waals surface area contributed by atoms with Gasteiger partial charge >= 0.3 is 26.2 Å². The van der Waals surface area contributed by atoms with Crippen LogP contribution in [0.2, 0.25) is 13.1 Å². The summed E-state index contributed by atoms with van der Waals surface area (Å²) >= 11 is 0. The van der Waals surface area contributed by atoms with Crippen LogP contribution in [0.15, 0.2) is 170 Å². The second kappa shape index (κ2) is 23.4. The van der Waals surface area contributed by atoms with E-state index in [1.165, 1.54) is 167 Å². The Morgan fingerprint density at radius 3 is 0.968 bits per heavy atom. The minimum absolute atomic E-state index is 0. The second-order valence-electron chi connectivity index (χ2n) is 17.8. The van der Waals surface area contributed by atoms with E-state index in [9.17, 15) is 0 Å². The molecule has 0 unspecified atom stereocenters. The van der Waals surface area contributed by atoms with Gasteiger partial charge < -0.3 is 0 Å². The third kappa shape index (κ3) is 11.6. The summed E-state index contributed by atoms with van der Waals surface area (Å²) in [5.74, 6) is 1.71. The van der Waals surface area contributed by atoms with E-state index < -0.39 is 0 Å². The Bertz CT molecular complexity index is 2180. The first-order chi connectivity index (χ1) is 30.2. The van der Waals surface area contributed by atoms with Gasteiger partial charge in [-0.05, 0) is 35.8 Å². The fourth-order valence-corrected chi connectivity index (χ4v) is 10.2. The maximum absolute atomic E-state index is 2.48. The van der Waals surface area contributed by atoms with Crippen molar-refractivity contribution >= 4 is 31.1 Å². The summed E-state index contributed by atoms with van der Waals surface area (Å²) in [5.41, 5.74) is 13.7. The van der Waals surface area contributed by atoms with Crippen LogP contribution in [0.25, 0.3) is 66.1 Å². The predicted octanol–water partition coefficient (Wildman–Crippen LogP) is 17.6. The molecule has 2 heteroatoms. The summed E-state index contributed by atoms with van der Waals surface area (Å²) in [7, 11) is 1.08. The first-order valence-electron chi connectivity index (χ1n) is 23.4. The van der Waals surface area contributed by atoms with Crippen LogP contribution in [0, 0.1) is 11.8 Å². The summed E-state index contributed by atoms with van der Waals surface area (Å²) in [6, 6.07) is 62.6. The van der Waals surface area contributed by atoms with Crippen molar-refractivity contribution in [1.82, 2.24) is 0 Å². The van der Waals surface area contributed by atoms with E-state index in [0.29, 0.717) is 0 Å². The zero-order valence-electron chi connectivity index (χ0n) is 37.2. The Hall–Kier alpha value is -4.36. The predicted molar refractivity (Wildman–Crippen MR) is 268 cm³/mol. The van der Waals surface area contributed by atoms with Gasteiger partial charge in [0.15, 0.2) is 0 Å². The first kappa shape index (κ1) is 45.7. The van der Waals surface area contributed by atoms with Gasteiger partial charge in [-0.3, -0.25) is 0 Å². The van der Waals surface area contributed by atoms with E-state index in [-0.39, 0.29) is 26.2 Å².